The van der Waals surface area contributed by atoms with Crippen LogP contribution in [0, 0.1) is 0 Å². The highest BCUT2D eigenvalue weighted by molar-refractivity contribution is 4.65. The molecule has 0 saturated heterocycles. The monoisotopic (exact) mass is 172 g/mol. The molecule has 0 bridgehead atoms. The summed E-state index contributed by atoms with van der Waals surface area (Å²) in [6.07, 6.45) is 10.8. The Hall–Kier alpha value is -0.340. The van der Waals surface area contributed by atoms with Crippen molar-refractivity contribution in [2.24, 2.45) is 0 Å². The van der Waals surface area contributed by atoms with E-state index in [4.69, 9.17) is 5.21 Å². The Balaban J connectivity index is 2.77. The highest BCUT2D eigenvalue weighted by atomic mass is 16.5. The van der Waals surface area contributed by atoms with E-state index in [0.717, 1.165) is 19.4 Å². The average Bonchev–Trinajstić information content (AvgIpc) is 2.10. The maximum atomic E-state index is 8.40. The lowest BCUT2D eigenvalue weighted by Gasteiger charge is -1.98. The molecule has 0 aromatic rings. The van der Waals surface area contributed by atoms with Gasteiger partial charge in [-0.2, -0.15) is 0 Å². The van der Waals surface area contributed by atoms with E-state index in [1.165, 1.54) is 37.6 Å². The first-order chi connectivity index (χ1) is 5.91. The number of nitrogens with two attached hydrogens (primary N) is 1. The molecule has 0 rings (SSSR count). The van der Waals surface area contributed by atoms with E-state index in [0.29, 0.717) is 0 Å². The molecule has 0 unspecified atom stereocenters. The highest BCUT2D eigenvalue weighted by Gasteiger charge is 1.90. The van der Waals surface area contributed by atoms with Crippen LogP contribution in [0.2, 0.25) is 0 Å². The van der Waals surface area contributed by atoms with Gasteiger partial charge in [0.25, 0.3) is 0 Å². The Labute approximate surface area is 75.6 Å². The van der Waals surface area contributed by atoms with E-state index in [-0.39, 0.29) is 0 Å². The maximum Gasteiger partial charge on any atom is 0.105 e. The minimum atomic E-state index is 0.854. The zero-order chi connectivity index (χ0) is 9.07. The van der Waals surface area contributed by atoms with Crippen LogP contribution >= 0.6 is 0 Å². The van der Waals surface area contributed by atoms with Gasteiger partial charge in [-0.3, -0.25) is 0 Å². The first-order valence-electron chi connectivity index (χ1n) is 4.98. The molecule has 0 amide bonds. The summed E-state index contributed by atoms with van der Waals surface area (Å²) >= 11 is 0. The first-order valence-corrected chi connectivity index (χ1v) is 4.98. The van der Waals surface area contributed by atoms with Crippen LogP contribution in [0.5, 0.6) is 0 Å². The summed E-state index contributed by atoms with van der Waals surface area (Å²) in [6, 6.07) is 0. The quantitative estimate of drug-likeness (QED) is 0.311. The van der Waals surface area contributed by atoms with Crippen LogP contribution < -0.4 is 5.48 Å². The van der Waals surface area contributed by atoms with Gasteiger partial charge in [-0.05, 0) is 25.7 Å². The fourth-order valence-corrected chi connectivity index (χ4v) is 1.23. The van der Waals surface area contributed by atoms with Gasteiger partial charge < -0.3 is 0 Å². The van der Waals surface area contributed by atoms with E-state index < -0.39 is 0 Å². The number of quaternary nitrogens is 1. The molecule has 12 heavy (non-hydrogen) atoms. The van der Waals surface area contributed by atoms with Gasteiger partial charge in [0.15, 0.2) is 0 Å². The predicted octanol–water partition coefficient (Wildman–Crippen LogP) is 1.86. The minimum absolute atomic E-state index is 0.854. The Bertz CT molecular complexity index is 93.8. The summed E-state index contributed by atoms with van der Waals surface area (Å²) in [4.78, 5) is 0. The van der Waals surface area contributed by atoms with Crippen molar-refractivity contribution in [1.29, 1.82) is 0 Å². The molecule has 0 aliphatic heterocycles. The van der Waals surface area contributed by atoms with Gasteiger partial charge in [0.05, 0.1) is 0 Å². The van der Waals surface area contributed by atoms with Crippen molar-refractivity contribution in [3.8, 4) is 0 Å². The third kappa shape index (κ3) is 9.66. The van der Waals surface area contributed by atoms with Crippen LogP contribution in [0.1, 0.15) is 44.9 Å². The van der Waals surface area contributed by atoms with Crippen molar-refractivity contribution in [2.75, 3.05) is 6.54 Å². The minimum Gasteiger partial charge on any atom is -0.221 e. The zero-order valence-corrected chi connectivity index (χ0v) is 7.97. The van der Waals surface area contributed by atoms with E-state index in [9.17, 15) is 0 Å². The Morgan fingerprint density at radius 2 is 1.58 bits per heavy atom. The fraction of sp³-hybridized carbons (Fsp3) is 0.800. The largest absolute Gasteiger partial charge is 0.221 e. The molecule has 0 aromatic heterocycles. The van der Waals surface area contributed by atoms with Crippen molar-refractivity contribution in [3.63, 3.8) is 0 Å². The molecule has 0 saturated carbocycles. The van der Waals surface area contributed by atoms with Crippen LogP contribution in [0.25, 0.3) is 0 Å². The maximum absolute atomic E-state index is 8.40. The number of hydrogen-bond acceptors (Lipinski definition) is 1. The van der Waals surface area contributed by atoms with Crippen molar-refractivity contribution in [1.82, 2.24) is 0 Å². The lowest BCUT2D eigenvalue weighted by molar-refractivity contribution is -0.886. The van der Waals surface area contributed by atoms with E-state index in [1.54, 1.807) is 0 Å². The fourth-order valence-electron chi connectivity index (χ4n) is 1.23. The summed E-state index contributed by atoms with van der Waals surface area (Å²) in [6.45, 7) is 4.54. The Kier molecular flexibility index (Phi) is 10.4. The summed E-state index contributed by atoms with van der Waals surface area (Å²) in [5.41, 5.74) is 1.26. The molecule has 0 atom stereocenters. The molecule has 0 aliphatic carbocycles. The normalized spacial score (nSPS) is 10.1. The van der Waals surface area contributed by atoms with Gasteiger partial charge in [0, 0.05) is 0 Å². The van der Waals surface area contributed by atoms with E-state index in [1.807, 2.05) is 6.08 Å². The number of allylic oxidation sites excluding steroid dienone is 1. The van der Waals surface area contributed by atoms with Gasteiger partial charge >= 0.3 is 0 Å². The van der Waals surface area contributed by atoms with Crippen LogP contribution in [0.3, 0.4) is 0 Å². The van der Waals surface area contributed by atoms with Gasteiger partial charge in [-0.1, -0.05) is 25.3 Å². The molecule has 3 N–H and O–H groups in total. The molecule has 2 nitrogen and oxygen atoms in total. The van der Waals surface area contributed by atoms with Crippen LogP contribution in [0.15, 0.2) is 12.7 Å². The number of hydrogen-bond donors (Lipinski definition) is 2. The molecule has 0 spiro atoms. The van der Waals surface area contributed by atoms with Crippen molar-refractivity contribution < 1.29 is 10.7 Å². The second kappa shape index (κ2) is 10.7. The third-order valence-corrected chi connectivity index (χ3v) is 1.99. The zero-order valence-electron chi connectivity index (χ0n) is 7.97. The van der Waals surface area contributed by atoms with Crippen LogP contribution in [-0.4, -0.2) is 11.8 Å². The molecule has 0 radical (unpaired) electrons. The van der Waals surface area contributed by atoms with Crippen molar-refractivity contribution in [2.45, 2.75) is 44.9 Å². The van der Waals surface area contributed by atoms with Gasteiger partial charge in [-0.15, -0.1) is 6.58 Å². The van der Waals surface area contributed by atoms with Crippen LogP contribution in [-0.2, 0) is 0 Å². The molecule has 72 valence electrons. The van der Waals surface area contributed by atoms with E-state index in [2.05, 4.69) is 6.58 Å². The molecular formula is C10H22NO+. The van der Waals surface area contributed by atoms with Gasteiger partial charge in [-0.25, -0.2) is 10.7 Å². The number of hydroxylamine groups is 1. The molecule has 0 heterocycles. The molecule has 2 heteroatoms. The van der Waals surface area contributed by atoms with E-state index >= 15 is 0 Å². The number of unbranched alkanes of at least 4 members (excludes halogenated alkanes) is 6. The summed E-state index contributed by atoms with van der Waals surface area (Å²) in [5, 5.41) is 8.40. The van der Waals surface area contributed by atoms with Crippen molar-refractivity contribution in [3.05, 3.63) is 12.7 Å². The van der Waals surface area contributed by atoms with Gasteiger partial charge in [0.2, 0.25) is 0 Å². The summed E-state index contributed by atoms with van der Waals surface area (Å²) in [7, 11) is 0. The standard InChI is InChI=1S/C10H21NO/c1-2-3-4-5-6-7-8-9-10-11-12/h2,11-12H,1,3-10H2/p+1. The third-order valence-electron chi connectivity index (χ3n) is 1.99. The smallest absolute Gasteiger partial charge is 0.105 e. The molecule has 0 aromatic carbocycles. The SMILES string of the molecule is C=CCCCCCCCC[NH2+]O. The summed E-state index contributed by atoms with van der Waals surface area (Å²) in [5.74, 6) is 0. The average molecular weight is 172 g/mol. The van der Waals surface area contributed by atoms with Crippen molar-refractivity contribution >= 4 is 0 Å². The number of rotatable bonds is 9. The van der Waals surface area contributed by atoms with Gasteiger partial charge in [0.1, 0.15) is 6.54 Å². The first kappa shape index (κ1) is 11.7. The molecular weight excluding hydrogens is 150 g/mol. The van der Waals surface area contributed by atoms with Crippen LogP contribution in [0.4, 0.5) is 0 Å². The molecule has 0 aliphatic rings. The highest BCUT2D eigenvalue weighted by Crippen LogP contribution is 2.06. The summed E-state index contributed by atoms with van der Waals surface area (Å²) < 4.78 is 0. The Morgan fingerprint density at radius 3 is 2.17 bits per heavy atom. The topological polar surface area (TPSA) is 36.8 Å². The lowest BCUT2D eigenvalue weighted by atomic mass is 10.1. The molecule has 0 fully saturated rings. The predicted molar refractivity (Wildman–Crippen MR) is 51.1 cm³/mol. The second-order valence-electron chi connectivity index (χ2n) is 3.17. The Morgan fingerprint density at radius 1 is 1.00 bits per heavy atom. The lowest BCUT2D eigenvalue weighted by Crippen LogP contribution is -2.80. The second-order valence-corrected chi connectivity index (χ2v) is 3.17.